The Morgan fingerprint density at radius 1 is 1.09 bits per heavy atom. The lowest BCUT2D eigenvalue weighted by Gasteiger charge is -2.26. The van der Waals surface area contributed by atoms with Crippen molar-refractivity contribution < 1.29 is 24.2 Å². The normalized spacial score (nSPS) is 19.3. The van der Waals surface area contributed by atoms with Gasteiger partial charge in [-0.3, -0.25) is 9.59 Å². The van der Waals surface area contributed by atoms with Gasteiger partial charge in [0.05, 0.1) is 12.2 Å². The molecular weight excluding hydrogens is 404 g/mol. The molecule has 0 saturated carbocycles. The van der Waals surface area contributed by atoms with Gasteiger partial charge in [0.25, 0.3) is 0 Å². The molecule has 1 unspecified atom stereocenters. The number of esters is 1. The molecule has 0 saturated heterocycles. The average molecular weight is 437 g/mol. The van der Waals surface area contributed by atoms with Crippen molar-refractivity contribution in [1.29, 1.82) is 0 Å². The fourth-order valence-corrected chi connectivity index (χ4v) is 4.43. The summed E-state index contributed by atoms with van der Waals surface area (Å²) in [6, 6.07) is 9.63. The summed E-state index contributed by atoms with van der Waals surface area (Å²) in [5.74, 6) is -2.84. The molecule has 1 atom stereocenters. The highest BCUT2D eigenvalue weighted by Crippen LogP contribution is 2.37. The van der Waals surface area contributed by atoms with Crippen LogP contribution in [0.3, 0.4) is 0 Å². The monoisotopic (exact) mass is 436 g/mol. The summed E-state index contributed by atoms with van der Waals surface area (Å²) >= 11 is 0. The minimum atomic E-state index is -0.736. The Bertz CT molecular complexity index is 965. The van der Waals surface area contributed by atoms with Crippen LogP contribution in [-0.2, 0) is 25.5 Å². The maximum atomic E-state index is 13.0. The molecule has 1 N–H and O–H groups in total. The van der Waals surface area contributed by atoms with Crippen molar-refractivity contribution in [3.63, 3.8) is 0 Å². The summed E-state index contributed by atoms with van der Waals surface area (Å²) in [5.41, 5.74) is 2.15. The number of rotatable bonds is 9. The van der Waals surface area contributed by atoms with Gasteiger partial charge in [0.2, 0.25) is 11.6 Å². The number of benzene rings is 1. The maximum Gasteiger partial charge on any atom is 0.342 e. The molecule has 0 spiro atoms. The number of carbonyl (C=O) groups excluding carboxylic acids is 3. The van der Waals surface area contributed by atoms with Gasteiger partial charge in [0.1, 0.15) is 11.3 Å². The summed E-state index contributed by atoms with van der Waals surface area (Å²) in [6.07, 6.45) is 7.66. The molecule has 0 radical (unpaired) electrons. The van der Waals surface area contributed by atoms with E-state index in [2.05, 4.69) is 0 Å². The lowest BCUT2D eigenvalue weighted by Crippen LogP contribution is -2.33. The number of aliphatic hydroxyl groups excluding tert-OH is 1. The number of aliphatic hydroxyl groups is 1. The van der Waals surface area contributed by atoms with E-state index in [9.17, 15) is 19.5 Å². The van der Waals surface area contributed by atoms with Gasteiger partial charge in [-0.1, -0.05) is 61.7 Å². The van der Waals surface area contributed by atoms with Crippen LogP contribution in [0.25, 0.3) is 0 Å². The van der Waals surface area contributed by atoms with Crippen LogP contribution in [0.1, 0.15) is 64.4 Å². The maximum absolute atomic E-state index is 13.0. The van der Waals surface area contributed by atoms with E-state index in [0.717, 1.165) is 36.8 Å². The summed E-state index contributed by atoms with van der Waals surface area (Å²) in [4.78, 5) is 39.0. The molecule has 32 heavy (non-hydrogen) atoms. The van der Waals surface area contributed by atoms with E-state index in [4.69, 9.17) is 4.74 Å². The Hall–Kier alpha value is -2.95. The third-order valence-electron chi connectivity index (χ3n) is 6.16. The fraction of sp³-hybridized carbons (Fsp3) is 0.444. The van der Waals surface area contributed by atoms with Crippen molar-refractivity contribution in [2.45, 2.75) is 65.2 Å². The zero-order valence-electron chi connectivity index (χ0n) is 19.0. The van der Waals surface area contributed by atoms with Gasteiger partial charge in [0, 0.05) is 17.9 Å². The fourth-order valence-electron chi connectivity index (χ4n) is 4.43. The predicted octanol–water partition coefficient (Wildman–Crippen LogP) is 5.36. The molecule has 170 valence electrons. The second-order valence-corrected chi connectivity index (χ2v) is 8.61. The third-order valence-corrected chi connectivity index (χ3v) is 6.16. The molecule has 0 fully saturated rings. The molecule has 0 aromatic heterocycles. The molecule has 5 heteroatoms. The van der Waals surface area contributed by atoms with Gasteiger partial charge in [-0.2, -0.15) is 0 Å². The summed E-state index contributed by atoms with van der Waals surface area (Å²) < 4.78 is 5.46. The number of allylic oxidation sites excluding steroid dienone is 4. The first kappa shape index (κ1) is 23.7. The van der Waals surface area contributed by atoms with E-state index in [1.807, 2.05) is 50.3 Å². The van der Waals surface area contributed by atoms with Gasteiger partial charge in [-0.15, -0.1) is 0 Å². The Labute approximate surface area is 189 Å². The number of ketones is 2. The van der Waals surface area contributed by atoms with Crippen LogP contribution in [0, 0.1) is 5.92 Å². The molecular formula is C27H32O5. The van der Waals surface area contributed by atoms with Crippen LogP contribution in [0.4, 0.5) is 0 Å². The molecule has 0 heterocycles. The van der Waals surface area contributed by atoms with E-state index in [-0.39, 0.29) is 41.4 Å². The number of unbranched alkanes of at least 4 members (excludes halogenated alkanes) is 2. The topological polar surface area (TPSA) is 80.7 Å². The first-order valence-corrected chi connectivity index (χ1v) is 11.6. The molecule has 3 rings (SSSR count). The number of hydrogen-bond acceptors (Lipinski definition) is 5. The van der Waals surface area contributed by atoms with E-state index < -0.39 is 17.5 Å². The minimum Gasteiger partial charge on any atom is -0.507 e. The highest BCUT2D eigenvalue weighted by Gasteiger charge is 2.40. The van der Waals surface area contributed by atoms with Crippen molar-refractivity contribution >= 4 is 17.5 Å². The first-order valence-electron chi connectivity index (χ1n) is 11.6. The van der Waals surface area contributed by atoms with Crippen molar-refractivity contribution in [3.8, 4) is 0 Å². The predicted molar refractivity (Wildman–Crippen MR) is 123 cm³/mol. The molecule has 2 aliphatic rings. The Morgan fingerprint density at radius 3 is 2.53 bits per heavy atom. The lowest BCUT2D eigenvalue weighted by atomic mass is 9.77. The van der Waals surface area contributed by atoms with Crippen molar-refractivity contribution in [1.82, 2.24) is 0 Å². The van der Waals surface area contributed by atoms with Crippen LogP contribution in [0.5, 0.6) is 0 Å². The SMILES string of the molecule is CCCCCC1=C(C(=O)OCCc2ccccc2)C(O)=C(C2C=C(C)CCC2)C(=O)C1=O. The summed E-state index contributed by atoms with van der Waals surface area (Å²) in [7, 11) is 0. The van der Waals surface area contributed by atoms with Gasteiger partial charge >= 0.3 is 5.97 Å². The number of ether oxygens (including phenoxy) is 1. The summed E-state index contributed by atoms with van der Waals surface area (Å²) in [5, 5.41) is 11.1. The van der Waals surface area contributed by atoms with Gasteiger partial charge in [-0.05, 0) is 44.6 Å². The average Bonchev–Trinajstić information content (AvgIpc) is 2.78. The number of hydrogen-bond donors (Lipinski definition) is 1. The largest absolute Gasteiger partial charge is 0.507 e. The second kappa shape index (κ2) is 11.1. The second-order valence-electron chi connectivity index (χ2n) is 8.61. The molecule has 0 aliphatic heterocycles. The zero-order valence-corrected chi connectivity index (χ0v) is 19.0. The molecule has 0 amide bonds. The highest BCUT2D eigenvalue weighted by atomic mass is 16.5. The van der Waals surface area contributed by atoms with Gasteiger partial charge in [-0.25, -0.2) is 4.79 Å². The number of Topliss-reactive ketones (excluding diaryl/α,β-unsaturated/α-hetero) is 2. The standard InChI is InChI=1S/C27H32O5/c1-3-4-6-14-21-23(27(31)32-16-15-19-11-7-5-8-12-19)25(29)22(26(30)24(21)28)20-13-9-10-18(2)17-20/h5,7-8,11-12,17,20,29H,3-4,6,9-10,13-16H2,1-2H3. The van der Waals surface area contributed by atoms with Crippen LogP contribution < -0.4 is 0 Å². The number of carbonyl (C=O) groups is 3. The first-order chi connectivity index (χ1) is 15.4. The van der Waals surface area contributed by atoms with E-state index in [0.29, 0.717) is 19.3 Å². The van der Waals surface area contributed by atoms with Crippen LogP contribution >= 0.6 is 0 Å². The molecule has 0 bridgehead atoms. The Balaban J connectivity index is 1.91. The smallest absolute Gasteiger partial charge is 0.342 e. The molecule has 1 aromatic carbocycles. The van der Waals surface area contributed by atoms with E-state index in [1.165, 1.54) is 0 Å². The van der Waals surface area contributed by atoms with Crippen molar-refractivity contribution in [2.75, 3.05) is 6.61 Å². The van der Waals surface area contributed by atoms with Gasteiger partial charge in [0.15, 0.2) is 0 Å². The minimum absolute atomic E-state index is 0.0447. The lowest BCUT2D eigenvalue weighted by molar-refractivity contribution is -0.139. The van der Waals surface area contributed by atoms with E-state index in [1.54, 1.807) is 0 Å². The quantitative estimate of drug-likeness (QED) is 0.185. The Morgan fingerprint density at radius 2 is 1.84 bits per heavy atom. The summed E-state index contributed by atoms with van der Waals surface area (Å²) in [6.45, 7) is 4.14. The molecule has 1 aromatic rings. The van der Waals surface area contributed by atoms with Crippen LogP contribution in [0.15, 0.2) is 64.5 Å². The third kappa shape index (κ3) is 5.45. The van der Waals surface area contributed by atoms with Gasteiger partial charge < -0.3 is 9.84 Å². The van der Waals surface area contributed by atoms with Crippen LogP contribution in [0.2, 0.25) is 0 Å². The highest BCUT2D eigenvalue weighted by molar-refractivity contribution is 6.51. The Kier molecular flexibility index (Phi) is 8.20. The van der Waals surface area contributed by atoms with Crippen LogP contribution in [-0.4, -0.2) is 29.2 Å². The van der Waals surface area contributed by atoms with E-state index >= 15 is 0 Å². The van der Waals surface area contributed by atoms with Crippen molar-refractivity contribution in [3.05, 3.63) is 70.0 Å². The molecule has 5 nitrogen and oxygen atoms in total. The van der Waals surface area contributed by atoms with Crippen molar-refractivity contribution in [2.24, 2.45) is 5.92 Å². The zero-order chi connectivity index (χ0) is 23.1. The molecule has 2 aliphatic carbocycles.